The van der Waals surface area contributed by atoms with E-state index < -0.39 is 39.2 Å². The molecule has 198 valence electrons. The Hall–Kier alpha value is -2.96. The highest BCUT2D eigenvalue weighted by Crippen LogP contribution is 2.46. The summed E-state index contributed by atoms with van der Waals surface area (Å²) in [5, 5.41) is 0.714. The minimum absolute atomic E-state index is 0.110. The number of carbonyl (C=O) groups excluding carboxylic acids is 1. The first-order valence-electron chi connectivity index (χ1n) is 11.8. The van der Waals surface area contributed by atoms with Gasteiger partial charge in [0.25, 0.3) is 0 Å². The van der Waals surface area contributed by atoms with Crippen LogP contribution in [0.4, 0.5) is 14.6 Å². The lowest BCUT2D eigenvalue weighted by Crippen LogP contribution is -2.61. The molecule has 3 aliphatic rings. The number of aryl methyl sites for hydroxylation is 1. The summed E-state index contributed by atoms with van der Waals surface area (Å²) in [6, 6.07) is 3.61. The number of fused-ring (bicyclic) bond motifs is 1. The molecule has 2 unspecified atom stereocenters. The van der Waals surface area contributed by atoms with Gasteiger partial charge in [-0.1, -0.05) is 18.2 Å². The van der Waals surface area contributed by atoms with Gasteiger partial charge in [-0.2, -0.15) is 4.98 Å². The molecule has 38 heavy (non-hydrogen) atoms. The Morgan fingerprint density at radius 3 is 2.66 bits per heavy atom. The summed E-state index contributed by atoms with van der Waals surface area (Å²) in [5.74, 6) is -1.45. The van der Waals surface area contributed by atoms with Crippen molar-refractivity contribution in [2.75, 3.05) is 35.2 Å². The molecule has 8 nitrogen and oxygen atoms in total. The van der Waals surface area contributed by atoms with Gasteiger partial charge in [0.15, 0.2) is 9.84 Å². The second kappa shape index (κ2) is 9.06. The Balaban J connectivity index is 1.57. The molecule has 4 heterocycles. The summed E-state index contributed by atoms with van der Waals surface area (Å²) in [6.45, 7) is 4.37. The first-order valence-corrected chi connectivity index (χ1v) is 15.0. The Morgan fingerprint density at radius 2 is 1.92 bits per heavy atom. The van der Waals surface area contributed by atoms with E-state index >= 15 is 0 Å². The summed E-state index contributed by atoms with van der Waals surface area (Å²) in [5.41, 5.74) is 0.457. The molecule has 0 spiro atoms. The maximum Gasteiger partial charge on any atom is 0.350 e. The number of hydrogen-bond acceptors (Lipinski definition) is 7. The Kier molecular flexibility index (Phi) is 6.04. The van der Waals surface area contributed by atoms with Crippen LogP contribution < -0.4 is 10.6 Å². The summed E-state index contributed by atoms with van der Waals surface area (Å²) in [6.07, 6.45) is 1.16. The monoisotopic (exact) mass is 578 g/mol. The number of sulfone groups is 1. The van der Waals surface area contributed by atoms with Crippen LogP contribution in [0.25, 0.3) is 22.0 Å². The number of carbonyl (C=O) groups is 1. The van der Waals surface area contributed by atoms with E-state index in [0.717, 1.165) is 18.2 Å². The number of rotatable bonds is 3. The first-order chi connectivity index (χ1) is 18.1. The number of amides is 1. The molecular weight excluding hydrogens is 558 g/mol. The van der Waals surface area contributed by atoms with Crippen LogP contribution in [-0.4, -0.2) is 71.2 Å². The second-order valence-corrected chi connectivity index (χ2v) is 13.1. The Bertz CT molecular complexity index is 1710. The maximum atomic E-state index is 14.9. The Labute approximate surface area is 225 Å². The van der Waals surface area contributed by atoms with E-state index in [1.807, 2.05) is 0 Å². The van der Waals surface area contributed by atoms with Gasteiger partial charge in [0, 0.05) is 52.9 Å². The highest BCUT2D eigenvalue weighted by Gasteiger charge is 2.48. The third-order valence-electron chi connectivity index (χ3n) is 7.32. The zero-order chi connectivity index (χ0) is 26.9. The van der Waals surface area contributed by atoms with E-state index in [1.165, 1.54) is 27.3 Å². The summed E-state index contributed by atoms with van der Waals surface area (Å²) in [4.78, 5) is 34.0. The smallest absolute Gasteiger partial charge is 0.348 e. The highest BCUT2D eigenvalue weighted by atomic mass is 35.5. The zero-order valence-electron chi connectivity index (χ0n) is 19.9. The lowest BCUT2D eigenvalue weighted by molar-refractivity contribution is -0.128. The van der Waals surface area contributed by atoms with E-state index in [2.05, 4.69) is 11.6 Å². The summed E-state index contributed by atoms with van der Waals surface area (Å²) >= 11 is 8.14. The van der Waals surface area contributed by atoms with Gasteiger partial charge in [0.2, 0.25) is 5.91 Å². The van der Waals surface area contributed by atoms with E-state index in [-0.39, 0.29) is 46.9 Å². The number of thioether (sulfide) groups is 1. The molecule has 0 saturated carbocycles. The van der Waals surface area contributed by atoms with Crippen molar-refractivity contribution in [1.29, 1.82) is 0 Å². The number of hydrogen-bond donors (Lipinski definition) is 0. The number of aromatic nitrogens is 2. The number of benzene rings is 2. The van der Waals surface area contributed by atoms with Crippen LogP contribution in [0.15, 0.2) is 46.6 Å². The largest absolute Gasteiger partial charge is 0.350 e. The predicted molar refractivity (Wildman–Crippen MR) is 143 cm³/mol. The number of nitrogens with zero attached hydrogens (tertiary/aromatic N) is 4. The van der Waals surface area contributed by atoms with Gasteiger partial charge in [-0.3, -0.25) is 9.36 Å². The summed E-state index contributed by atoms with van der Waals surface area (Å²) in [7, 11) is -3.46. The maximum absolute atomic E-state index is 14.9. The molecule has 0 N–H and O–H groups in total. The van der Waals surface area contributed by atoms with Crippen molar-refractivity contribution in [1.82, 2.24) is 14.5 Å². The minimum Gasteiger partial charge on any atom is -0.348 e. The molecule has 2 saturated heterocycles. The fraction of sp³-hybridized carbons (Fsp3) is 0.320. The molecule has 1 amide bonds. The van der Waals surface area contributed by atoms with Crippen molar-refractivity contribution in [2.24, 2.45) is 0 Å². The van der Waals surface area contributed by atoms with Crippen molar-refractivity contribution in [3.8, 4) is 11.1 Å². The van der Waals surface area contributed by atoms with E-state index in [0.29, 0.717) is 33.7 Å². The van der Waals surface area contributed by atoms with Crippen LogP contribution in [-0.2, 0) is 21.2 Å². The molecule has 3 aliphatic heterocycles. The average molecular weight is 579 g/mol. The second-order valence-electron chi connectivity index (χ2n) is 9.44. The van der Waals surface area contributed by atoms with Crippen molar-refractivity contribution in [3.63, 3.8) is 0 Å². The van der Waals surface area contributed by atoms with Crippen LogP contribution in [0.1, 0.15) is 0 Å². The van der Waals surface area contributed by atoms with Crippen molar-refractivity contribution in [2.45, 2.75) is 23.5 Å². The molecule has 2 atom stereocenters. The van der Waals surface area contributed by atoms with Crippen molar-refractivity contribution < 1.29 is 22.0 Å². The third kappa shape index (κ3) is 3.92. The number of halogens is 3. The normalized spacial score (nSPS) is 22.0. The zero-order valence-corrected chi connectivity index (χ0v) is 22.3. The quantitative estimate of drug-likeness (QED) is 0.441. The SMILES string of the molecule is C=CC(=O)N1CCN(c2nc(=O)n3c4c(c(-c5ccc(F)cc5F)c(Cl)cc24)SCC3)C2CS(=O)(=O)CC21. The standard InChI is InChI=1S/C25H21ClF2N4O4S2/c1-2-20(33)30-5-6-31(19-12-38(35,36)11-18(19)30)24-15-10-16(26)21(14-4-3-13(27)9-17(14)28)23-22(15)32(7-8-37-23)25(34)29-24/h2-4,9-10,18-19H,1,5-8,11-12H2. The molecule has 0 aliphatic carbocycles. The average Bonchev–Trinajstić information content (AvgIpc) is 3.20. The lowest BCUT2D eigenvalue weighted by atomic mass is 10.0. The predicted octanol–water partition coefficient (Wildman–Crippen LogP) is 3.10. The van der Waals surface area contributed by atoms with E-state index in [1.54, 1.807) is 11.0 Å². The van der Waals surface area contributed by atoms with E-state index in [9.17, 15) is 26.8 Å². The molecule has 2 fully saturated rings. The number of anilines is 1. The molecular formula is C25H21ClF2N4O4S2. The van der Waals surface area contributed by atoms with Gasteiger partial charge in [0.05, 0.1) is 34.1 Å². The molecule has 0 radical (unpaired) electrons. The molecule has 0 bridgehead atoms. The van der Waals surface area contributed by atoms with Gasteiger partial charge in [-0.15, -0.1) is 11.8 Å². The minimum atomic E-state index is -3.46. The fourth-order valence-electron chi connectivity index (χ4n) is 5.72. The van der Waals surface area contributed by atoms with Crippen LogP contribution >= 0.6 is 23.4 Å². The van der Waals surface area contributed by atoms with Crippen LogP contribution in [0.3, 0.4) is 0 Å². The number of piperazine rings is 1. The molecule has 13 heteroatoms. The fourth-order valence-corrected chi connectivity index (χ4v) is 9.26. The van der Waals surface area contributed by atoms with E-state index in [4.69, 9.17) is 11.6 Å². The topological polar surface area (TPSA) is 92.6 Å². The molecule has 6 rings (SSSR count). The Morgan fingerprint density at radius 1 is 1.16 bits per heavy atom. The van der Waals surface area contributed by atoms with Gasteiger partial charge in [-0.25, -0.2) is 22.0 Å². The van der Waals surface area contributed by atoms with Crippen molar-refractivity contribution in [3.05, 3.63) is 64.1 Å². The van der Waals surface area contributed by atoms with Gasteiger partial charge < -0.3 is 9.80 Å². The van der Waals surface area contributed by atoms with Crippen molar-refractivity contribution >= 4 is 55.8 Å². The lowest BCUT2D eigenvalue weighted by Gasteiger charge is -2.44. The summed E-state index contributed by atoms with van der Waals surface area (Å²) < 4.78 is 55.3. The van der Waals surface area contributed by atoms with Crippen LogP contribution in [0.2, 0.25) is 5.02 Å². The highest BCUT2D eigenvalue weighted by molar-refractivity contribution is 7.99. The van der Waals surface area contributed by atoms with Crippen LogP contribution in [0, 0.1) is 11.6 Å². The molecule has 3 aromatic rings. The first kappa shape index (κ1) is 25.3. The molecule has 1 aromatic heterocycles. The molecule has 2 aromatic carbocycles. The van der Waals surface area contributed by atoms with Gasteiger partial charge in [0.1, 0.15) is 17.5 Å². The van der Waals surface area contributed by atoms with Gasteiger partial charge >= 0.3 is 5.69 Å². The third-order valence-corrected chi connectivity index (χ3v) is 10.4. The van der Waals surface area contributed by atoms with Gasteiger partial charge in [-0.05, 0) is 24.3 Å². The van der Waals surface area contributed by atoms with Crippen LogP contribution in [0.5, 0.6) is 0 Å².